The van der Waals surface area contributed by atoms with Crippen LogP contribution < -0.4 is 5.32 Å². The van der Waals surface area contributed by atoms with Crippen molar-refractivity contribution in [3.8, 4) is 0 Å². The first-order valence-corrected chi connectivity index (χ1v) is 8.62. The zero-order valence-corrected chi connectivity index (χ0v) is 14.1. The molecular weight excluding hydrogens is 280 g/mol. The largest absolute Gasteiger partial charge is 0.396 e. The first kappa shape index (κ1) is 17.3. The number of likely N-dealkylation sites (tertiary alicyclic amines) is 1. The van der Waals surface area contributed by atoms with E-state index in [1.807, 2.05) is 11.8 Å². The number of amides is 2. The SMILES string of the molecule is CCCC(C)N1CC(C(=O)NC2CCCC2(C)CO)CC1=O. The van der Waals surface area contributed by atoms with Crippen molar-refractivity contribution in [1.82, 2.24) is 10.2 Å². The summed E-state index contributed by atoms with van der Waals surface area (Å²) in [4.78, 5) is 26.5. The zero-order chi connectivity index (χ0) is 16.3. The van der Waals surface area contributed by atoms with E-state index in [1.54, 1.807) is 0 Å². The van der Waals surface area contributed by atoms with Gasteiger partial charge in [0.15, 0.2) is 0 Å². The van der Waals surface area contributed by atoms with Crippen LogP contribution in [0.4, 0.5) is 0 Å². The quantitative estimate of drug-likeness (QED) is 0.784. The highest BCUT2D eigenvalue weighted by atomic mass is 16.3. The average Bonchev–Trinajstić information content (AvgIpc) is 3.04. The smallest absolute Gasteiger partial charge is 0.225 e. The van der Waals surface area contributed by atoms with Crippen LogP contribution in [0.5, 0.6) is 0 Å². The maximum absolute atomic E-state index is 12.5. The molecule has 0 radical (unpaired) electrons. The molecule has 4 atom stereocenters. The average molecular weight is 310 g/mol. The monoisotopic (exact) mass is 310 g/mol. The summed E-state index contributed by atoms with van der Waals surface area (Å²) >= 11 is 0. The van der Waals surface area contributed by atoms with Crippen LogP contribution in [0.15, 0.2) is 0 Å². The number of nitrogens with zero attached hydrogens (tertiary/aromatic N) is 1. The van der Waals surface area contributed by atoms with Gasteiger partial charge in [-0.3, -0.25) is 9.59 Å². The van der Waals surface area contributed by atoms with E-state index < -0.39 is 0 Å². The lowest BCUT2D eigenvalue weighted by molar-refractivity contribution is -0.130. The topological polar surface area (TPSA) is 69.6 Å². The van der Waals surface area contributed by atoms with Crippen molar-refractivity contribution < 1.29 is 14.7 Å². The molecule has 2 aliphatic rings. The van der Waals surface area contributed by atoms with Crippen LogP contribution in [0.1, 0.15) is 59.3 Å². The second-order valence-electron chi connectivity index (χ2n) is 7.35. The van der Waals surface area contributed by atoms with Gasteiger partial charge in [-0.2, -0.15) is 0 Å². The van der Waals surface area contributed by atoms with E-state index in [1.165, 1.54) is 0 Å². The number of aliphatic hydroxyl groups is 1. The van der Waals surface area contributed by atoms with Crippen LogP contribution >= 0.6 is 0 Å². The van der Waals surface area contributed by atoms with Gasteiger partial charge in [0.2, 0.25) is 11.8 Å². The molecule has 1 saturated carbocycles. The summed E-state index contributed by atoms with van der Waals surface area (Å²) in [5.74, 6) is -0.168. The third-order valence-corrected chi connectivity index (χ3v) is 5.53. The molecule has 2 fully saturated rings. The Morgan fingerprint density at radius 2 is 2.27 bits per heavy atom. The molecule has 22 heavy (non-hydrogen) atoms. The molecule has 5 heteroatoms. The third kappa shape index (κ3) is 3.45. The number of hydrogen-bond donors (Lipinski definition) is 2. The highest BCUT2D eigenvalue weighted by molar-refractivity contribution is 5.89. The summed E-state index contributed by atoms with van der Waals surface area (Å²) in [7, 11) is 0. The van der Waals surface area contributed by atoms with Crippen molar-refractivity contribution in [1.29, 1.82) is 0 Å². The van der Waals surface area contributed by atoms with Crippen LogP contribution in [-0.2, 0) is 9.59 Å². The second kappa shape index (κ2) is 6.99. The standard InChI is InChI=1S/C17H30N2O3/c1-4-6-12(2)19-10-13(9-15(19)21)16(22)18-14-7-5-8-17(14,3)11-20/h12-14,20H,4-11H2,1-3H3,(H,18,22). The lowest BCUT2D eigenvalue weighted by Crippen LogP contribution is -2.47. The molecule has 2 rings (SSSR count). The van der Waals surface area contributed by atoms with Crippen molar-refractivity contribution in [3.05, 3.63) is 0 Å². The van der Waals surface area contributed by atoms with Gasteiger partial charge in [0, 0.05) is 30.5 Å². The normalized spacial score (nSPS) is 33.3. The molecule has 1 aliphatic carbocycles. The van der Waals surface area contributed by atoms with Crippen LogP contribution in [0, 0.1) is 11.3 Å². The molecule has 1 aliphatic heterocycles. The molecule has 0 bridgehead atoms. The molecule has 0 aromatic rings. The molecular formula is C17H30N2O3. The first-order valence-electron chi connectivity index (χ1n) is 8.62. The zero-order valence-electron chi connectivity index (χ0n) is 14.1. The molecule has 2 amide bonds. The maximum atomic E-state index is 12.5. The van der Waals surface area contributed by atoms with Crippen molar-refractivity contribution >= 4 is 11.8 Å². The molecule has 1 heterocycles. The predicted octanol–water partition coefficient (Wildman–Crippen LogP) is 1.69. The van der Waals surface area contributed by atoms with Crippen molar-refractivity contribution in [2.75, 3.05) is 13.2 Å². The van der Waals surface area contributed by atoms with E-state index in [4.69, 9.17) is 0 Å². The Morgan fingerprint density at radius 3 is 2.91 bits per heavy atom. The van der Waals surface area contributed by atoms with E-state index in [0.29, 0.717) is 13.0 Å². The summed E-state index contributed by atoms with van der Waals surface area (Å²) in [6.45, 7) is 6.83. The Hall–Kier alpha value is -1.10. The van der Waals surface area contributed by atoms with Gasteiger partial charge in [-0.15, -0.1) is 0 Å². The van der Waals surface area contributed by atoms with Gasteiger partial charge in [0.05, 0.1) is 12.5 Å². The summed E-state index contributed by atoms with van der Waals surface area (Å²) in [6.07, 6.45) is 5.23. The third-order valence-electron chi connectivity index (χ3n) is 5.53. The number of carbonyl (C=O) groups excluding carboxylic acids is 2. The fraction of sp³-hybridized carbons (Fsp3) is 0.882. The maximum Gasteiger partial charge on any atom is 0.225 e. The fourth-order valence-corrected chi connectivity index (χ4v) is 3.86. The predicted molar refractivity (Wildman–Crippen MR) is 85.2 cm³/mol. The van der Waals surface area contributed by atoms with Gasteiger partial charge in [-0.25, -0.2) is 0 Å². The number of nitrogens with one attached hydrogen (secondary N) is 1. The molecule has 2 N–H and O–H groups in total. The van der Waals surface area contributed by atoms with E-state index in [2.05, 4.69) is 19.2 Å². The van der Waals surface area contributed by atoms with Gasteiger partial charge < -0.3 is 15.3 Å². The highest BCUT2D eigenvalue weighted by Gasteiger charge is 2.42. The molecule has 0 aromatic carbocycles. The van der Waals surface area contributed by atoms with E-state index in [-0.39, 0.29) is 41.8 Å². The first-order chi connectivity index (χ1) is 10.4. The van der Waals surface area contributed by atoms with Gasteiger partial charge in [0.1, 0.15) is 0 Å². The number of carbonyl (C=O) groups is 2. The van der Waals surface area contributed by atoms with Crippen molar-refractivity contribution in [2.45, 2.75) is 71.4 Å². The van der Waals surface area contributed by atoms with Crippen molar-refractivity contribution in [2.24, 2.45) is 11.3 Å². The Kier molecular flexibility index (Phi) is 5.48. The molecule has 126 valence electrons. The number of aliphatic hydroxyl groups excluding tert-OH is 1. The molecule has 0 spiro atoms. The minimum Gasteiger partial charge on any atom is -0.396 e. The number of hydrogen-bond acceptors (Lipinski definition) is 3. The second-order valence-corrected chi connectivity index (χ2v) is 7.35. The van der Waals surface area contributed by atoms with Crippen LogP contribution in [0.25, 0.3) is 0 Å². The van der Waals surface area contributed by atoms with Gasteiger partial charge in [-0.05, 0) is 26.2 Å². The Morgan fingerprint density at radius 1 is 1.55 bits per heavy atom. The molecule has 1 saturated heterocycles. The Balaban J connectivity index is 1.93. The summed E-state index contributed by atoms with van der Waals surface area (Å²) in [5.41, 5.74) is -0.215. The minimum atomic E-state index is -0.240. The minimum absolute atomic E-state index is 0.0221. The molecule has 0 aromatic heterocycles. The highest BCUT2D eigenvalue weighted by Crippen LogP contribution is 2.37. The van der Waals surface area contributed by atoms with Gasteiger partial charge in [-0.1, -0.05) is 26.7 Å². The van der Waals surface area contributed by atoms with E-state index in [9.17, 15) is 14.7 Å². The van der Waals surface area contributed by atoms with E-state index >= 15 is 0 Å². The van der Waals surface area contributed by atoms with Crippen LogP contribution in [-0.4, -0.2) is 47.1 Å². The van der Waals surface area contributed by atoms with Crippen molar-refractivity contribution in [3.63, 3.8) is 0 Å². The molecule has 5 nitrogen and oxygen atoms in total. The summed E-state index contributed by atoms with van der Waals surface area (Å²) in [5, 5.41) is 12.7. The Labute approximate surface area is 133 Å². The Bertz CT molecular complexity index is 426. The molecule has 4 unspecified atom stereocenters. The fourth-order valence-electron chi connectivity index (χ4n) is 3.86. The summed E-state index contributed by atoms with van der Waals surface area (Å²) < 4.78 is 0. The van der Waals surface area contributed by atoms with E-state index in [0.717, 1.165) is 32.1 Å². The van der Waals surface area contributed by atoms with Crippen LogP contribution in [0.3, 0.4) is 0 Å². The van der Waals surface area contributed by atoms with Gasteiger partial charge in [0.25, 0.3) is 0 Å². The lowest BCUT2D eigenvalue weighted by Gasteiger charge is -2.31. The van der Waals surface area contributed by atoms with Gasteiger partial charge >= 0.3 is 0 Å². The number of rotatable bonds is 6. The summed E-state index contributed by atoms with van der Waals surface area (Å²) in [6, 6.07) is 0.242. The lowest BCUT2D eigenvalue weighted by atomic mass is 9.85. The van der Waals surface area contributed by atoms with Crippen LogP contribution in [0.2, 0.25) is 0 Å².